The summed E-state index contributed by atoms with van der Waals surface area (Å²) in [6.07, 6.45) is 7.10. The Hall–Kier alpha value is -0.0100. The standard InChI is InChI=1S/C11H17ClO/c1-2-3-10(12)9-5-4-8-6-7-13-11(8)9/h2,8-11H,1,3-7H2. The van der Waals surface area contributed by atoms with E-state index < -0.39 is 0 Å². The Morgan fingerprint density at radius 1 is 1.46 bits per heavy atom. The van der Waals surface area contributed by atoms with Crippen LogP contribution in [-0.2, 0) is 4.74 Å². The van der Waals surface area contributed by atoms with Crippen molar-refractivity contribution in [3.05, 3.63) is 12.7 Å². The lowest BCUT2D eigenvalue weighted by Crippen LogP contribution is -2.25. The fraction of sp³-hybridized carbons (Fsp3) is 0.818. The lowest BCUT2D eigenvalue weighted by molar-refractivity contribution is 0.0646. The summed E-state index contributed by atoms with van der Waals surface area (Å²) in [4.78, 5) is 0. The Kier molecular flexibility index (Phi) is 2.95. The van der Waals surface area contributed by atoms with Crippen molar-refractivity contribution in [1.82, 2.24) is 0 Å². The van der Waals surface area contributed by atoms with Crippen LogP contribution in [0.25, 0.3) is 0 Å². The molecule has 13 heavy (non-hydrogen) atoms. The van der Waals surface area contributed by atoms with Gasteiger partial charge in [0.1, 0.15) is 0 Å². The van der Waals surface area contributed by atoms with Crippen LogP contribution in [0.2, 0.25) is 0 Å². The molecular weight excluding hydrogens is 184 g/mol. The van der Waals surface area contributed by atoms with E-state index in [0.717, 1.165) is 18.9 Å². The zero-order chi connectivity index (χ0) is 9.26. The Labute approximate surface area is 85.1 Å². The molecule has 2 heteroatoms. The highest BCUT2D eigenvalue weighted by Gasteiger charge is 2.42. The molecule has 0 aromatic rings. The Balaban J connectivity index is 1.96. The van der Waals surface area contributed by atoms with Gasteiger partial charge in [0.15, 0.2) is 0 Å². The summed E-state index contributed by atoms with van der Waals surface area (Å²) >= 11 is 6.30. The molecule has 4 unspecified atom stereocenters. The second-order valence-electron chi connectivity index (χ2n) is 4.17. The van der Waals surface area contributed by atoms with Crippen LogP contribution in [0.3, 0.4) is 0 Å². The van der Waals surface area contributed by atoms with E-state index in [-0.39, 0.29) is 5.38 Å². The fourth-order valence-corrected chi connectivity index (χ4v) is 3.12. The number of rotatable bonds is 3. The number of alkyl halides is 1. The highest BCUT2D eigenvalue weighted by Crippen LogP contribution is 2.43. The molecule has 1 aliphatic carbocycles. The molecule has 1 saturated carbocycles. The van der Waals surface area contributed by atoms with Gasteiger partial charge in [0, 0.05) is 17.9 Å². The lowest BCUT2D eigenvalue weighted by Gasteiger charge is -2.22. The Bertz CT molecular complexity index is 193. The third-order valence-corrected chi connectivity index (χ3v) is 3.91. The summed E-state index contributed by atoms with van der Waals surface area (Å²) in [6, 6.07) is 0. The van der Waals surface area contributed by atoms with Crippen molar-refractivity contribution in [1.29, 1.82) is 0 Å². The second-order valence-corrected chi connectivity index (χ2v) is 4.73. The van der Waals surface area contributed by atoms with Gasteiger partial charge >= 0.3 is 0 Å². The number of fused-ring (bicyclic) bond motifs is 1. The maximum Gasteiger partial charge on any atom is 0.0646 e. The summed E-state index contributed by atoms with van der Waals surface area (Å²) in [7, 11) is 0. The van der Waals surface area contributed by atoms with E-state index in [9.17, 15) is 0 Å². The van der Waals surface area contributed by atoms with E-state index in [1.165, 1.54) is 19.3 Å². The number of halogens is 1. The molecule has 0 aromatic heterocycles. The summed E-state index contributed by atoms with van der Waals surface area (Å²) in [5.74, 6) is 1.38. The van der Waals surface area contributed by atoms with Gasteiger partial charge in [-0.15, -0.1) is 18.2 Å². The van der Waals surface area contributed by atoms with Gasteiger partial charge in [-0.25, -0.2) is 0 Å². The molecule has 0 amide bonds. The molecule has 2 rings (SSSR count). The first-order valence-electron chi connectivity index (χ1n) is 5.19. The normalized spacial score (nSPS) is 40.2. The van der Waals surface area contributed by atoms with Gasteiger partial charge in [-0.05, 0) is 31.6 Å². The van der Waals surface area contributed by atoms with E-state index in [1.807, 2.05) is 6.08 Å². The molecule has 1 nitrogen and oxygen atoms in total. The van der Waals surface area contributed by atoms with Crippen molar-refractivity contribution in [2.45, 2.75) is 37.2 Å². The van der Waals surface area contributed by atoms with Gasteiger partial charge in [0.2, 0.25) is 0 Å². The third kappa shape index (κ3) is 1.77. The van der Waals surface area contributed by atoms with Gasteiger partial charge in [-0.1, -0.05) is 6.08 Å². The van der Waals surface area contributed by atoms with Gasteiger partial charge in [0.25, 0.3) is 0 Å². The van der Waals surface area contributed by atoms with Crippen LogP contribution in [-0.4, -0.2) is 18.1 Å². The maximum atomic E-state index is 6.30. The topological polar surface area (TPSA) is 9.23 Å². The minimum Gasteiger partial charge on any atom is -0.378 e. The number of allylic oxidation sites excluding steroid dienone is 1. The number of ether oxygens (including phenoxy) is 1. The van der Waals surface area contributed by atoms with Crippen LogP contribution in [0.5, 0.6) is 0 Å². The first-order chi connectivity index (χ1) is 6.33. The highest BCUT2D eigenvalue weighted by molar-refractivity contribution is 6.20. The number of hydrogen-bond donors (Lipinski definition) is 0. The van der Waals surface area contributed by atoms with E-state index in [0.29, 0.717) is 12.0 Å². The summed E-state index contributed by atoms with van der Waals surface area (Å²) in [6.45, 7) is 4.68. The number of hydrogen-bond acceptors (Lipinski definition) is 1. The SMILES string of the molecule is C=CCC(Cl)C1CCC2CCOC21. The van der Waals surface area contributed by atoms with E-state index >= 15 is 0 Å². The van der Waals surface area contributed by atoms with Crippen molar-refractivity contribution >= 4 is 11.6 Å². The van der Waals surface area contributed by atoms with Crippen LogP contribution in [0.1, 0.15) is 25.7 Å². The molecule has 1 heterocycles. The molecule has 0 bridgehead atoms. The predicted octanol–water partition coefficient (Wildman–Crippen LogP) is 2.99. The van der Waals surface area contributed by atoms with Crippen molar-refractivity contribution in [2.24, 2.45) is 11.8 Å². The molecule has 4 atom stereocenters. The molecule has 2 fully saturated rings. The average molecular weight is 201 g/mol. The lowest BCUT2D eigenvalue weighted by atomic mass is 9.96. The first-order valence-corrected chi connectivity index (χ1v) is 5.63. The largest absolute Gasteiger partial charge is 0.378 e. The molecule has 1 aliphatic heterocycles. The van der Waals surface area contributed by atoms with Crippen LogP contribution >= 0.6 is 11.6 Å². The first kappa shape index (κ1) is 9.54. The quantitative estimate of drug-likeness (QED) is 0.503. The zero-order valence-corrected chi connectivity index (χ0v) is 8.67. The molecule has 74 valence electrons. The van der Waals surface area contributed by atoms with Gasteiger partial charge in [-0.2, -0.15) is 0 Å². The third-order valence-electron chi connectivity index (χ3n) is 3.41. The van der Waals surface area contributed by atoms with E-state index in [2.05, 4.69) is 6.58 Å². The molecule has 2 aliphatic rings. The van der Waals surface area contributed by atoms with Gasteiger partial charge in [-0.3, -0.25) is 0 Å². The molecule has 1 saturated heterocycles. The van der Waals surface area contributed by atoms with Crippen LogP contribution in [0.4, 0.5) is 0 Å². The van der Waals surface area contributed by atoms with E-state index in [4.69, 9.17) is 16.3 Å². The summed E-state index contributed by atoms with van der Waals surface area (Å²) in [5.41, 5.74) is 0. The smallest absolute Gasteiger partial charge is 0.0646 e. The van der Waals surface area contributed by atoms with Crippen molar-refractivity contribution in [3.8, 4) is 0 Å². The Morgan fingerprint density at radius 3 is 3.08 bits per heavy atom. The van der Waals surface area contributed by atoms with Crippen LogP contribution in [0.15, 0.2) is 12.7 Å². The predicted molar refractivity (Wildman–Crippen MR) is 55.0 cm³/mol. The summed E-state index contributed by atoms with van der Waals surface area (Å²) in [5, 5.41) is 0.241. The van der Waals surface area contributed by atoms with Crippen molar-refractivity contribution in [3.63, 3.8) is 0 Å². The van der Waals surface area contributed by atoms with Crippen molar-refractivity contribution < 1.29 is 4.74 Å². The molecular formula is C11H17ClO. The average Bonchev–Trinajstić information content (AvgIpc) is 2.62. The minimum absolute atomic E-state index is 0.241. The zero-order valence-electron chi connectivity index (χ0n) is 7.92. The van der Waals surface area contributed by atoms with Gasteiger partial charge in [0.05, 0.1) is 6.10 Å². The minimum atomic E-state index is 0.241. The molecule has 0 radical (unpaired) electrons. The molecule has 0 N–H and O–H groups in total. The molecule has 0 spiro atoms. The monoisotopic (exact) mass is 200 g/mol. The second kappa shape index (κ2) is 4.02. The Morgan fingerprint density at radius 2 is 2.31 bits per heavy atom. The van der Waals surface area contributed by atoms with Gasteiger partial charge < -0.3 is 4.74 Å². The fourth-order valence-electron chi connectivity index (χ4n) is 2.73. The van der Waals surface area contributed by atoms with Crippen LogP contribution < -0.4 is 0 Å². The summed E-state index contributed by atoms with van der Waals surface area (Å²) < 4.78 is 5.74. The molecule has 0 aromatic carbocycles. The van der Waals surface area contributed by atoms with Crippen LogP contribution in [0, 0.1) is 11.8 Å². The maximum absolute atomic E-state index is 6.30. The highest BCUT2D eigenvalue weighted by atomic mass is 35.5. The van der Waals surface area contributed by atoms with E-state index in [1.54, 1.807) is 0 Å². The van der Waals surface area contributed by atoms with Crippen molar-refractivity contribution in [2.75, 3.05) is 6.61 Å².